The van der Waals surface area contributed by atoms with Crippen molar-refractivity contribution in [3.8, 4) is 5.75 Å². The molecule has 0 aromatic heterocycles. The van der Waals surface area contributed by atoms with Gasteiger partial charge in [0.15, 0.2) is 12.6 Å². The molecule has 0 aliphatic rings. The van der Waals surface area contributed by atoms with Crippen molar-refractivity contribution in [2.75, 3.05) is 26.3 Å². The molecule has 1 aromatic rings. The predicted molar refractivity (Wildman–Crippen MR) is 101 cm³/mol. The Hall–Kier alpha value is -1.96. The number of alkyl halides is 3. The number of benzene rings is 1. The smallest absolute Gasteiger partial charge is 0.422 e. The maximum absolute atomic E-state index is 12.3. The second-order valence-electron chi connectivity index (χ2n) is 6.29. The van der Waals surface area contributed by atoms with E-state index >= 15 is 0 Å². The number of guanidine groups is 1. The highest BCUT2D eigenvalue weighted by Crippen LogP contribution is 2.19. The number of ether oxygens (including phenoxy) is 1. The number of halogens is 3. The first-order valence-electron chi connectivity index (χ1n) is 9.29. The minimum Gasteiger partial charge on any atom is -0.484 e. The molecule has 1 unspecified atom stereocenters. The molecule has 1 atom stereocenters. The van der Waals surface area contributed by atoms with Crippen LogP contribution in [-0.2, 0) is 6.54 Å². The second kappa shape index (κ2) is 12.4. The Morgan fingerprint density at radius 2 is 2.00 bits per heavy atom. The summed E-state index contributed by atoms with van der Waals surface area (Å²) in [5.41, 5.74) is 0.757. The standard InChI is InChI=1S/C19H30F3N3O2/c1-3-6-15(9-10-26)12-24-18(23-4-2)25-13-16-7-5-8-17(11-16)27-14-19(20,21)22/h5,7-8,11,15,26H,3-4,6,9-10,12-14H2,1-2H3,(H2,23,24,25). The van der Waals surface area contributed by atoms with E-state index in [4.69, 9.17) is 9.84 Å². The summed E-state index contributed by atoms with van der Waals surface area (Å²) in [5, 5.41) is 15.6. The summed E-state index contributed by atoms with van der Waals surface area (Å²) in [6, 6.07) is 6.49. The fraction of sp³-hybridized carbons (Fsp3) is 0.632. The zero-order valence-corrected chi connectivity index (χ0v) is 16.0. The Morgan fingerprint density at radius 1 is 1.22 bits per heavy atom. The van der Waals surface area contributed by atoms with Crippen LogP contribution in [0.3, 0.4) is 0 Å². The topological polar surface area (TPSA) is 65.9 Å². The summed E-state index contributed by atoms with van der Waals surface area (Å²) >= 11 is 0. The van der Waals surface area contributed by atoms with Crippen molar-refractivity contribution >= 4 is 5.96 Å². The van der Waals surface area contributed by atoms with Gasteiger partial charge >= 0.3 is 6.18 Å². The van der Waals surface area contributed by atoms with Crippen molar-refractivity contribution < 1.29 is 23.0 Å². The monoisotopic (exact) mass is 389 g/mol. The third kappa shape index (κ3) is 10.7. The fourth-order valence-electron chi connectivity index (χ4n) is 2.59. The maximum atomic E-state index is 12.3. The normalized spacial score (nSPS) is 13.3. The average molecular weight is 389 g/mol. The molecular weight excluding hydrogens is 359 g/mol. The highest BCUT2D eigenvalue weighted by Gasteiger charge is 2.28. The van der Waals surface area contributed by atoms with Crippen LogP contribution < -0.4 is 15.4 Å². The first-order valence-corrected chi connectivity index (χ1v) is 9.29. The summed E-state index contributed by atoms with van der Waals surface area (Å²) in [6.07, 6.45) is -1.56. The molecule has 0 radical (unpaired) electrons. The van der Waals surface area contributed by atoms with E-state index in [0.29, 0.717) is 31.5 Å². The number of hydrogen-bond acceptors (Lipinski definition) is 3. The minimum absolute atomic E-state index is 0.157. The molecule has 1 rings (SSSR count). The van der Waals surface area contributed by atoms with Crippen LogP contribution in [-0.4, -0.2) is 43.5 Å². The van der Waals surface area contributed by atoms with E-state index in [2.05, 4.69) is 22.5 Å². The molecule has 0 amide bonds. The van der Waals surface area contributed by atoms with E-state index in [9.17, 15) is 13.2 Å². The average Bonchev–Trinajstić information content (AvgIpc) is 2.62. The molecular formula is C19H30F3N3O2. The number of rotatable bonds is 11. The predicted octanol–water partition coefficient (Wildman–Crippen LogP) is 3.48. The van der Waals surface area contributed by atoms with E-state index in [1.54, 1.807) is 18.2 Å². The van der Waals surface area contributed by atoms with Gasteiger partial charge in [-0.25, -0.2) is 4.99 Å². The molecule has 0 saturated carbocycles. The van der Waals surface area contributed by atoms with Crippen molar-refractivity contribution in [2.24, 2.45) is 10.9 Å². The Kier molecular flexibility index (Phi) is 10.6. The first kappa shape index (κ1) is 23.1. The number of aliphatic imine (C=N–C) groups is 1. The Labute approximate surface area is 159 Å². The van der Waals surface area contributed by atoms with E-state index in [-0.39, 0.29) is 12.4 Å². The van der Waals surface area contributed by atoms with E-state index in [0.717, 1.165) is 24.8 Å². The Balaban J connectivity index is 2.66. The van der Waals surface area contributed by atoms with Crippen LogP contribution in [0.5, 0.6) is 5.75 Å². The summed E-state index contributed by atoms with van der Waals surface area (Å²) in [7, 11) is 0. The third-order valence-electron chi connectivity index (χ3n) is 3.86. The van der Waals surface area contributed by atoms with Crippen LogP contribution in [0.15, 0.2) is 29.3 Å². The van der Waals surface area contributed by atoms with Gasteiger partial charge in [0.05, 0.1) is 6.54 Å². The van der Waals surface area contributed by atoms with Crippen molar-refractivity contribution in [2.45, 2.75) is 45.8 Å². The van der Waals surface area contributed by atoms with Gasteiger partial charge in [0.1, 0.15) is 5.75 Å². The lowest BCUT2D eigenvalue weighted by Gasteiger charge is -2.18. The quantitative estimate of drug-likeness (QED) is 0.400. The van der Waals surface area contributed by atoms with Crippen LogP contribution in [0.2, 0.25) is 0 Å². The molecule has 154 valence electrons. The summed E-state index contributed by atoms with van der Waals surface area (Å²) in [5.74, 6) is 1.17. The largest absolute Gasteiger partial charge is 0.484 e. The molecule has 5 nitrogen and oxygen atoms in total. The van der Waals surface area contributed by atoms with Gasteiger partial charge < -0.3 is 20.5 Å². The van der Waals surface area contributed by atoms with Crippen LogP contribution in [0.4, 0.5) is 13.2 Å². The number of hydrogen-bond donors (Lipinski definition) is 3. The van der Waals surface area contributed by atoms with Gasteiger partial charge in [-0.05, 0) is 43.4 Å². The minimum atomic E-state index is -4.36. The molecule has 0 aliphatic carbocycles. The zero-order chi connectivity index (χ0) is 20.1. The number of aliphatic hydroxyl groups is 1. The zero-order valence-electron chi connectivity index (χ0n) is 16.0. The first-order chi connectivity index (χ1) is 12.9. The van der Waals surface area contributed by atoms with Crippen LogP contribution in [0, 0.1) is 5.92 Å². The van der Waals surface area contributed by atoms with Gasteiger partial charge in [0, 0.05) is 19.7 Å². The van der Waals surface area contributed by atoms with Gasteiger partial charge in [-0.2, -0.15) is 13.2 Å². The molecule has 27 heavy (non-hydrogen) atoms. The lowest BCUT2D eigenvalue weighted by atomic mass is 10.0. The highest BCUT2D eigenvalue weighted by atomic mass is 19.4. The molecule has 0 spiro atoms. The van der Waals surface area contributed by atoms with Crippen molar-refractivity contribution in [1.29, 1.82) is 0 Å². The van der Waals surface area contributed by atoms with Gasteiger partial charge in [-0.1, -0.05) is 25.5 Å². The van der Waals surface area contributed by atoms with Crippen LogP contribution >= 0.6 is 0 Å². The van der Waals surface area contributed by atoms with Crippen molar-refractivity contribution in [1.82, 2.24) is 10.6 Å². The molecule has 3 N–H and O–H groups in total. The molecule has 0 aliphatic heterocycles. The van der Waals surface area contributed by atoms with Gasteiger partial charge in [0.2, 0.25) is 0 Å². The van der Waals surface area contributed by atoms with Gasteiger partial charge in [0.25, 0.3) is 0 Å². The SMILES string of the molecule is CCCC(CCO)CNC(=NCc1cccc(OCC(F)(F)F)c1)NCC. The molecule has 0 fully saturated rings. The molecule has 0 bridgehead atoms. The van der Waals surface area contributed by atoms with E-state index in [1.165, 1.54) is 6.07 Å². The Morgan fingerprint density at radius 3 is 2.63 bits per heavy atom. The van der Waals surface area contributed by atoms with Crippen LogP contribution in [0.1, 0.15) is 38.7 Å². The summed E-state index contributed by atoms with van der Waals surface area (Å²) < 4.78 is 41.6. The maximum Gasteiger partial charge on any atom is 0.422 e. The van der Waals surface area contributed by atoms with E-state index < -0.39 is 12.8 Å². The highest BCUT2D eigenvalue weighted by molar-refractivity contribution is 5.79. The fourth-order valence-corrected chi connectivity index (χ4v) is 2.59. The van der Waals surface area contributed by atoms with Gasteiger partial charge in [-0.15, -0.1) is 0 Å². The molecule has 0 saturated heterocycles. The summed E-state index contributed by atoms with van der Waals surface area (Å²) in [6.45, 7) is 4.63. The van der Waals surface area contributed by atoms with Gasteiger partial charge in [-0.3, -0.25) is 0 Å². The summed E-state index contributed by atoms with van der Waals surface area (Å²) in [4.78, 5) is 4.48. The number of nitrogens with one attached hydrogen (secondary N) is 2. The lowest BCUT2D eigenvalue weighted by Crippen LogP contribution is -2.40. The lowest BCUT2D eigenvalue weighted by molar-refractivity contribution is -0.153. The van der Waals surface area contributed by atoms with E-state index in [1.807, 2.05) is 6.92 Å². The molecule has 0 heterocycles. The van der Waals surface area contributed by atoms with Crippen LogP contribution in [0.25, 0.3) is 0 Å². The Bertz CT molecular complexity index is 559. The van der Waals surface area contributed by atoms with Crippen molar-refractivity contribution in [3.05, 3.63) is 29.8 Å². The third-order valence-corrected chi connectivity index (χ3v) is 3.86. The second-order valence-corrected chi connectivity index (χ2v) is 6.29. The number of nitrogens with zero attached hydrogens (tertiary/aromatic N) is 1. The number of aliphatic hydroxyl groups excluding tert-OH is 1. The molecule has 8 heteroatoms. The van der Waals surface area contributed by atoms with Crippen molar-refractivity contribution in [3.63, 3.8) is 0 Å². The molecule has 1 aromatic carbocycles.